The molecule has 1 saturated heterocycles. The molecule has 2 aromatic heterocycles. The van der Waals surface area contributed by atoms with Gasteiger partial charge in [0.1, 0.15) is 11.5 Å². The quantitative estimate of drug-likeness (QED) is 0.613. The molecule has 0 saturated carbocycles. The number of nitrogens with zero attached hydrogens (tertiary/aromatic N) is 4. The maximum atomic E-state index is 12.9. The molecule has 1 N–H and O–H groups in total. The fourth-order valence-electron chi connectivity index (χ4n) is 5.36. The molecule has 1 amide bonds. The van der Waals surface area contributed by atoms with Crippen molar-refractivity contribution < 1.29 is 4.79 Å². The van der Waals surface area contributed by atoms with E-state index in [-0.39, 0.29) is 11.9 Å². The van der Waals surface area contributed by atoms with Gasteiger partial charge >= 0.3 is 0 Å². The maximum absolute atomic E-state index is 12.9. The Hall–Kier alpha value is -2.99. The predicted molar refractivity (Wildman–Crippen MR) is 133 cm³/mol. The van der Waals surface area contributed by atoms with Gasteiger partial charge in [-0.2, -0.15) is 0 Å². The van der Waals surface area contributed by atoms with E-state index >= 15 is 0 Å². The molecule has 0 spiro atoms. The highest BCUT2D eigenvalue weighted by Gasteiger charge is 2.25. The highest BCUT2D eigenvalue weighted by molar-refractivity contribution is 5.94. The summed E-state index contributed by atoms with van der Waals surface area (Å²) in [5.41, 5.74) is 4.58. The summed E-state index contributed by atoms with van der Waals surface area (Å²) in [7, 11) is 0. The van der Waals surface area contributed by atoms with Crippen LogP contribution in [0.2, 0.25) is 0 Å². The molecule has 3 aromatic rings. The zero-order chi connectivity index (χ0) is 22.8. The molecule has 5 rings (SSSR count). The molecule has 6 heteroatoms. The van der Waals surface area contributed by atoms with Crippen molar-refractivity contribution in [1.82, 2.24) is 20.2 Å². The standard InChI is InChI=1S/C27H33N5O/c1-3-20(4-2)31-15-17-32(18-16-31)26-14-13-23-24(29-26)11-12-25(28-23)27(33)30-22-10-9-19-7-5-6-8-21(19)22/h5-8,11-14,20,22H,3-4,9-10,15-18H2,1-2H3,(H,30,33)/t22-/m1/s1. The summed E-state index contributed by atoms with van der Waals surface area (Å²) >= 11 is 0. The number of benzene rings is 1. The van der Waals surface area contributed by atoms with Crippen LogP contribution in [-0.2, 0) is 6.42 Å². The Balaban J connectivity index is 1.26. The Kier molecular flexibility index (Phi) is 6.27. The molecule has 0 unspecified atom stereocenters. The molecular weight excluding hydrogens is 410 g/mol. The van der Waals surface area contributed by atoms with Crippen molar-refractivity contribution in [3.05, 3.63) is 65.4 Å². The van der Waals surface area contributed by atoms with Crippen LogP contribution < -0.4 is 10.2 Å². The molecule has 1 aliphatic heterocycles. The lowest BCUT2D eigenvalue weighted by Crippen LogP contribution is -2.50. The van der Waals surface area contributed by atoms with E-state index in [1.165, 1.54) is 24.0 Å². The van der Waals surface area contributed by atoms with Gasteiger partial charge in [-0.05, 0) is 61.1 Å². The largest absolute Gasteiger partial charge is 0.354 e. The van der Waals surface area contributed by atoms with Gasteiger partial charge in [0, 0.05) is 32.2 Å². The Bertz CT molecular complexity index is 1130. The number of carbonyl (C=O) groups excluding carboxylic acids is 1. The lowest BCUT2D eigenvalue weighted by molar-refractivity contribution is 0.0932. The van der Waals surface area contributed by atoms with Gasteiger partial charge in [0.25, 0.3) is 5.91 Å². The smallest absolute Gasteiger partial charge is 0.270 e. The summed E-state index contributed by atoms with van der Waals surface area (Å²) in [6.45, 7) is 8.69. The number of hydrogen-bond acceptors (Lipinski definition) is 5. The minimum Gasteiger partial charge on any atom is -0.354 e. The van der Waals surface area contributed by atoms with E-state index in [1.54, 1.807) is 6.07 Å². The summed E-state index contributed by atoms with van der Waals surface area (Å²) in [6.07, 6.45) is 4.36. The second-order valence-electron chi connectivity index (χ2n) is 9.16. The minimum absolute atomic E-state index is 0.0605. The lowest BCUT2D eigenvalue weighted by Gasteiger charge is -2.39. The van der Waals surface area contributed by atoms with E-state index < -0.39 is 0 Å². The molecule has 1 fully saturated rings. The number of amides is 1. The molecule has 0 radical (unpaired) electrons. The van der Waals surface area contributed by atoms with Crippen LogP contribution in [0.15, 0.2) is 48.5 Å². The van der Waals surface area contributed by atoms with Gasteiger partial charge < -0.3 is 10.2 Å². The van der Waals surface area contributed by atoms with Crippen LogP contribution in [0.4, 0.5) is 5.82 Å². The number of nitrogens with one attached hydrogen (secondary N) is 1. The Labute approximate surface area is 196 Å². The van der Waals surface area contributed by atoms with Gasteiger partial charge in [0.2, 0.25) is 0 Å². The van der Waals surface area contributed by atoms with Crippen molar-refractivity contribution in [3.63, 3.8) is 0 Å². The van der Waals surface area contributed by atoms with E-state index in [2.05, 4.69) is 52.1 Å². The molecule has 6 nitrogen and oxygen atoms in total. The number of aromatic nitrogens is 2. The summed E-state index contributed by atoms with van der Waals surface area (Å²) in [5, 5.41) is 3.17. The number of rotatable bonds is 6. The summed E-state index contributed by atoms with van der Waals surface area (Å²) < 4.78 is 0. The maximum Gasteiger partial charge on any atom is 0.270 e. The van der Waals surface area contributed by atoms with Crippen LogP contribution in [0.5, 0.6) is 0 Å². The van der Waals surface area contributed by atoms with Gasteiger partial charge in [0.05, 0.1) is 17.1 Å². The van der Waals surface area contributed by atoms with E-state index in [4.69, 9.17) is 4.98 Å². The zero-order valence-corrected chi connectivity index (χ0v) is 19.6. The average molecular weight is 444 g/mol. The van der Waals surface area contributed by atoms with Crippen molar-refractivity contribution >= 4 is 22.8 Å². The van der Waals surface area contributed by atoms with E-state index in [1.807, 2.05) is 24.3 Å². The lowest BCUT2D eigenvalue weighted by atomic mass is 10.1. The molecule has 3 heterocycles. The van der Waals surface area contributed by atoms with Gasteiger partial charge in [-0.1, -0.05) is 38.1 Å². The second-order valence-corrected chi connectivity index (χ2v) is 9.16. The number of piperazine rings is 1. The monoisotopic (exact) mass is 443 g/mol. The van der Waals surface area contributed by atoms with Crippen molar-refractivity contribution in [2.24, 2.45) is 0 Å². The third-order valence-electron chi connectivity index (χ3n) is 7.30. The van der Waals surface area contributed by atoms with Crippen LogP contribution in [0, 0.1) is 0 Å². The van der Waals surface area contributed by atoms with Crippen LogP contribution in [0.1, 0.15) is 60.8 Å². The first-order valence-electron chi connectivity index (χ1n) is 12.3. The highest BCUT2D eigenvalue weighted by Crippen LogP contribution is 2.31. The number of fused-ring (bicyclic) bond motifs is 2. The minimum atomic E-state index is -0.125. The average Bonchev–Trinajstić information content (AvgIpc) is 3.27. The number of hydrogen-bond donors (Lipinski definition) is 1. The first kappa shape index (κ1) is 21.8. The third-order valence-corrected chi connectivity index (χ3v) is 7.30. The Morgan fingerprint density at radius 2 is 1.70 bits per heavy atom. The second kappa shape index (κ2) is 9.48. The molecule has 172 valence electrons. The van der Waals surface area contributed by atoms with Crippen LogP contribution >= 0.6 is 0 Å². The van der Waals surface area contributed by atoms with Crippen molar-refractivity contribution in [2.75, 3.05) is 31.1 Å². The normalized spacial score (nSPS) is 18.6. The van der Waals surface area contributed by atoms with Crippen LogP contribution in [-0.4, -0.2) is 53.0 Å². The Morgan fingerprint density at radius 3 is 2.48 bits per heavy atom. The molecular formula is C27H33N5O. The summed E-state index contributed by atoms with van der Waals surface area (Å²) in [6, 6.07) is 16.8. The molecule has 33 heavy (non-hydrogen) atoms. The topological polar surface area (TPSA) is 61.4 Å². The van der Waals surface area contributed by atoms with E-state index in [0.717, 1.165) is 55.9 Å². The van der Waals surface area contributed by atoms with Gasteiger partial charge in [-0.3, -0.25) is 9.69 Å². The number of anilines is 1. The van der Waals surface area contributed by atoms with Gasteiger partial charge in [-0.25, -0.2) is 9.97 Å². The molecule has 1 atom stereocenters. The molecule has 1 aromatic carbocycles. The molecule has 1 aliphatic carbocycles. The number of carbonyl (C=O) groups is 1. The SMILES string of the molecule is CCC(CC)N1CCN(c2ccc3nc(C(=O)N[C@@H]4CCc5ccccc54)ccc3n2)CC1. The van der Waals surface area contributed by atoms with E-state index in [0.29, 0.717) is 11.7 Å². The number of aryl methyl sites for hydroxylation is 1. The Morgan fingerprint density at radius 1 is 0.970 bits per heavy atom. The zero-order valence-electron chi connectivity index (χ0n) is 19.6. The van der Waals surface area contributed by atoms with Gasteiger partial charge in [-0.15, -0.1) is 0 Å². The molecule has 0 bridgehead atoms. The fourth-order valence-corrected chi connectivity index (χ4v) is 5.36. The first-order chi connectivity index (χ1) is 16.2. The van der Waals surface area contributed by atoms with E-state index in [9.17, 15) is 4.79 Å². The highest BCUT2D eigenvalue weighted by atomic mass is 16.1. The first-order valence-corrected chi connectivity index (χ1v) is 12.3. The van der Waals surface area contributed by atoms with Crippen LogP contribution in [0.3, 0.4) is 0 Å². The van der Waals surface area contributed by atoms with Gasteiger partial charge in [0.15, 0.2) is 0 Å². The van der Waals surface area contributed by atoms with Crippen molar-refractivity contribution in [1.29, 1.82) is 0 Å². The van der Waals surface area contributed by atoms with Crippen molar-refractivity contribution in [2.45, 2.75) is 51.6 Å². The summed E-state index contributed by atoms with van der Waals surface area (Å²) in [4.78, 5) is 27.3. The van der Waals surface area contributed by atoms with Crippen LogP contribution in [0.25, 0.3) is 11.0 Å². The molecule has 2 aliphatic rings. The third kappa shape index (κ3) is 4.44. The van der Waals surface area contributed by atoms with Crippen molar-refractivity contribution in [3.8, 4) is 0 Å². The fraction of sp³-hybridized carbons (Fsp3) is 0.444. The summed E-state index contributed by atoms with van der Waals surface area (Å²) in [5.74, 6) is 0.869. The predicted octanol–water partition coefficient (Wildman–Crippen LogP) is 4.36. The number of pyridine rings is 2.